The highest BCUT2D eigenvalue weighted by Crippen LogP contribution is 2.37. The van der Waals surface area contributed by atoms with Crippen LogP contribution in [-0.4, -0.2) is 27.7 Å². The second-order valence-electron chi connectivity index (χ2n) is 4.18. The summed E-state index contributed by atoms with van der Waals surface area (Å²) in [7, 11) is 0. The van der Waals surface area contributed by atoms with Gasteiger partial charge in [0, 0.05) is 23.9 Å². The summed E-state index contributed by atoms with van der Waals surface area (Å²) in [4.78, 5) is 7.18. The van der Waals surface area contributed by atoms with E-state index in [-0.39, 0.29) is 11.5 Å². The normalized spacial score (nSPS) is 33.1. The zero-order valence-corrected chi connectivity index (χ0v) is 8.24. The maximum absolute atomic E-state index is 9.47. The smallest absolute Gasteiger partial charge is 0.0921 e. The Morgan fingerprint density at radius 1 is 1.57 bits per heavy atom. The number of hydrogen-bond donors (Lipinski definition) is 3. The van der Waals surface area contributed by atoms with Crippen molar-refractivity contribution in [2.45, 2.75) is 37.2 Å². The molecule has 0 unspecified atom stereocenters. The van der Waals surface area contributed by atoms with Crippen LogP contribution in [0.3, 0.4) is 0 Å². The Balaban J connectivity index is 2.19. The van der Waals surface area contributed by atoms with Crippen LogP contribution >= 0.6 is 0 Å². The highest BCUT2D eigenvalue weighted by molar-refractivity contribution is 5.15. The fourth-order valence-electron chi connectivity index (χ4n) is 2.28. The van der Waals surface area contributed by atoms with Gasteiger partial charge in [0.25, 0.3) is 0 Å². The van der Waals surface area contributed by atoms with E-state index in [0.29, 0.717) is 6.54 Å². The number of hydrogen-bond acceptors (Lipinski definition) is 3. The van der Waals surface area contributed by atoms with Gasteiger partial charge in [-0.1, -0.05) is 0 Å². The van der Waals surface area contributed by atoms with E-state index in [1.54, 1.807) is 6.33 Å². The van der Waals surface area contributed by atoms with Gasteiger partial charge < -0.3 is 15.8 Å². The van der Waals surface area contributed by atoms with Crippen LogP contribution in [0.15, 0.2) is 12.5 Å². The molecule has 4 nitrogen and oxygen atoms in total. The van der Waals surface area contributed by atoms with E-state index in [9.17, 15) is 5.11 Å². The van der Waals surface area contributed by atoms with Gasteiger partial charge in [0.1, 0.15) is 0 Å². The van der Waals surface area contributed by atoms with Crippen LogP contribution in [0, 0.1) is 0 Å². The summed E-state index contributed by atoms with van der Waals surface area (Å²) in [5.41, 5.74) is 6.99. The molecule has 0 saturated heterocycles. The van der Waals surface area contributed by atoms with Crippen LogP contribution in [0.25, 0.3) is 0 Å². The SMILES string of the molecule is NCC1(c2cnc[nH]2)CCC(O)CC1. The molecule has 1 saturated carbocycles. The fourth-order valence-corrected chi connectivity index (χ4v) is 2.28. The third-order valence-corrected chi connectivity index (χ3v) is 3.37. The standard InChI is InChI=1S/C10H17N3O/c11-6-10(9-5-12-7-13-9)3-1-8(14)2-4-10/h5,7-8,14H,1-4,6,11H2,(H,12,13). The molecule has 0 radical (unpaired) electrons. The van der Waals surface area contributed by atoms with Crippen LogP contribution in [0.4, 0.5) is 0 Å². The van der Waals surface area contributed by atoms with Gasteiger partial charge in [0.15, 0.2) is 0 Å². The van der Waals surface area contributed by atoms with Crippen LogP contribution in [0.2, 0.25) is 0 Å². The predicted molar refractivity (Wildman–Crippen MR) is 53.8 cm³/mol. The Labute approximate surface area is 83.5 Å². The molecule has 4 heteroatoms. The van der Waals surface area contributed by atoms with E-state index in [1.165, 1.54) is 0 Å². The maximum atomic E-state index is 9.47. The molecule has 1 aromatic rings. The Hall–Kier alpha value is -0.870. The van der Waals surface area contributed by atoms with Crippen molar-refractivity contribution in [2.24, 2.45) is 5.73 Å². The average molecular weight is 195 g/mol. The number of aromatic nitrogens is 2. The van der Waals surface area contributed by atoms with E-state index in [4.69, 9.17) is 5.73 Å². The number of aromatic amines is 1. The van der Waals surface area contributed by atoms with Crippen molar-refractivity contribution < 1.29 is 5.11 Å². The molecule has 0 amide bonds. The van der Waals surface area contributed by atoms with Gasteiger partial charge >= 0.3 is 0 Å². The second-order valence-corrected chi connectivity index (χ2v) is 4.18. The topological polar surface area (TPSA) is 74.9 Å². The molecule has 2 rings (SSSR count). The van der Waals surface area contributed by atoms with Crippen molar-refractivity contribution in [1.82, 2.24) is 9.97 Å². The lowest BCUT2D eigenvalue weighted by Crippen LogP contribution is -2.40. The molecule has 0 bridgehead atoms. The minimum absolute atomic E-state index is 0.0235. The van der Waals surface area contributed by atoms with Crippen molar-refractivity contribution in [2.75, 3.05) is 6.54 Å². The molecule has 1 heterocycles. The lowest BCUT2D eigenvalue weighted by molar-refractivity contribution is 0.0963. The second kappa shape index (κ2) is 3.71. The van der Waals surface area contributed by atoms with Crippen molar-refractivity contribution in [3.05, 3.63) is 18.2 Å². The van der Waals surface area contributed by atoms with Gasteiger partial charge in [-0.05, 0) is 25.7 Å². The van der Waals surface area contributed by atoms with Gasteiger partial charge in [-0.25, -0.2) is 4.98 Å². The van der Waals surface area contributed by atoms with Crippen LogP contribution in [0.5, 0.6) is 0 Å². The van der Waals surface area contributed by atoms with E-state index in [2.05, 4.69) is 9.97 Å². The molecule has 1 fully saturated rings. The summed E-state index contributed by atoms with van der Waals surface area (Å²) < 4.78 is 0. The Morgan fingerprint density at radius 2 is 2.29 bits per heavy atom. The van der Waals surface area contributed by atoms with Crippen LogP contribution in [0.1, 0.15) is 31.4 Å². The number of nitrogens with zero attached hydrogens (tertiary/aromatic N) is 1. The molecule has 0 spiro atoms. The highest BCUT2D eigenvalue weighted by atomic mass is 16.3. The first kappa shape index (κ1) is 9.68. The van der Waals surface area contributed by atoms with Gasteiger partial charge in [-0.2, -0.15) is 0 Å². The van der Waals surface area contributed by atoms with Gasteiger partial charge in [0.2, 0.25) is 0 Å². The summed E-state index contributed by atoms with van der Waals surface area (Å²) in [5.74, 6) is 0. The number of aliphatic hydroxyl groups excluding tert-OH is 1. The quantitative estimate of drug-likeness (QED) is 0.644. The lowest BCUT2D eigenvalue weighted by atomic mass is 9.71. The molecule has 1 aliphatic carbocycles. The molecule has 4 N–H and O–H groups in total. The molecular formula is C10H17N3O. The summed E-state index contributed by atoms with van der Waals surface area (Å²) >= 11 is 0. The molecule has 1 aromatic heterocycles. The number of H-pyrrole nitrogens is 1. The van der Waals surface area contributed by atoms with E-state index in [0.717, 1.165) is 31.4 Å². The van der Waals surface area contributed by atoms with Crippen molar-refractivity contribution in [3.63, 3.8) is 0 Å². The van der Waals surface area contributed by atoms with Gasteiger partial charge in [-0.15, -0.1) is 0 Å². The monoisotopic (exact) mass is 195 g/mol. The summed E-state index contributed by atoms with van der Waals surface area (Å²) in [6, 6.07) is 0. The van der Waals surface area contributed by atoms with Crippen molar-refractivity contribution in [3.8, 4) is 0 Å². The van der Waals surface area contributed by atoms with Gasteiger partial charge in [0.05, 0.1) is 12.4 Å². The Kier molecular flexibility index (Phi) is 2.56. The van der Waals surface area contributed by atoms with E-state index < -0.39 is 0 Å². The summed E-state index contributed by atoms with van der Waals surface area (Å²) in [6.45, 7) is 0.627. The highest BCUT2D eigenvalue weighted by Gasteiger charge is 2.36. The zero-order valence-electron chi connectivity index (χ0n) is 8.24. The first-order chi connectivity index (χ1) is 6.77. The third-order valence-electron chi connectivity index (χ3n) is 3.37. The molecule has 0 aromatic carbocycles. The predicted octanol–water partition coefficient (Wildman–Crippen LogP) is 0.541. The molecule has 0 aliphatic heterocycles. The van der Waals surface area contributed by atoms with Crippen LogP contribution < -0.4 is 5.73 Å². The van der Waals surface area contributed by atoms with Crippen molar-refractivity contribution >= 4 is 0 Å². The van der Waals surface area contributed by atoms with E-state index in [1.807, 2.05) is 6.20 Å². The molecular weight excluding hydrogens is 178 g/mol. The maximum Gasteiger partial charge on any atom is 0.0921 e. The Morgan fingerprint density at radius 3 is 2.79 bits per heavy atom. The average Bonchev–Trinajstić information content (AvgIpc) is 2.73. The first-order valence-corrected chi connectivity index (χ1v) is 5.14. The number of imidazole rings is 1. The van der Waals surface area contributed by atoms with Gasteiger partial charge in [-0.3, -0.25) is 0 Å². The minimum Gasteiger partial charge on any atom is -0.393 e. The first-order valence-electron chi connectivity index (χ1n) is 5.14. The molecule has 0 atom stereocenters. The fraction of sp³-hybridized carbons (Fsp3) is 0.700. The number of nitrogens with one attached hydrogen (secondary N) is 1. The molecule has 1 aliphatic rings. The minimum atomic E-state index is -0.141. The third kappa shape index (κ3) is 1.55. The van der Waals surface area contributed by atoms with Crippen LogP contribution in [-0.2, 0) is 5.41 Å². The zero-order chi connectivity index (χ0) is 10.0. The Bertz CT molecular complexity index is 276. The summed E-state index contributed by atoms with van der Waals surface area (Å²) in [5, 5.41) is 9.47. The molecule has 78 valence electrons. The van der Waals surface area contributed by atoms with Crippen molar-refractivity contribution in [1.29, 1.82) is 0 Å². The largest absolute Gasteiger partial charge is 0.393 e. The molecule has 14 heavy (non-hydrogen) atoms. The van der Waals surface area contributed by atoms with E-state index >= 15 is 0 Å². The number of rotatable bonds is 2. The number of nitrogens with two attached hydrogens (primary N) is 1. The lowest BCUT2D eigenvalue weighted by Gasteiger charge is -2.37. The summed E-state index contributed by atoms with van der Waals surface area (Å²) in [6.07, 6.45) is 6.99. The number of aliphatic hydroxyl groups is 1.